The van der Waals surface area contributed by atoms with Gasteiger partial charge < -0.3 is 14.8 Å². The molecule has 1 saturated carbocycles. The molecule has 0 saturated heterocycles. The van der Waals surface area contributed by atoms with E-state index in [0.29, 0.717) is 35.8 Å². The fourth-order valence-corrected chi connectivity index (χ4v) is 4.28. The number of fused-ring (bicyclic) bond motifs is 1. The van der Waals surface area contributed by atoms with Crippen LogP contribution in [-0.4, -0.2) is 11.0 Å². The number of hydrogen-bond donors (Lipinski definition) is 2. The molecule has 5 nitrogen and oxygen atoms in total. The van der Waals surface area contributed by atoms with E-state index in [2.05, 4.69) is 5.32 Å². The van der Waals surface area contributed by atoms with Gasteiger partial charge in [0.15, 0.2) is 0 Å². The first kappa shape index (κ1) is 18.8. The van der Waals surface area contributed by atoms with E-state index in [0.717, 1.165) is 49.7 Å². The van der Waals surface area contributed by atoms with E-state index in [4.69, 9.17) is 4.42 Å². The molecule has 2 aliphatic rings. The Morgan fingerprint density at radius 2 is 2.04 bits per heavy atom. The fourth-order valence-electron chi connectivity index (χ4n) is 4.28. The van der Waals surface area contributed by atoms with Crippen molar-refractivity contribution in [1.29, 1.82) is 0 Å². The van der Waals surface area contributed by atoms with Crippen LogP contribution >= 0.6 is 0 Å². The van der Waals surface area contributed by atoms with Crippen LogP contribution in [-0.2, 0) is 17.6 Å². The van der Waals surface area contributed by atoms with Gasteiger partial charge in [-0.3, -0.25) is 4.79 Å². The molecule has 2 aliphatic carbocycles. The van der Waals surface area contributed by atoms with E-state index in [1.807, 2.05) is 31.2 Å². The van der Waals surface area contributed by atoms with Crippen LogP contribution in [0.15, 0.2) is 33.5 Å². The number of rotatable bonds is 5. The molecular formula is C23H27NO4. The first-order valence-corrected chi connectivity index (χ1v) is 10.4. The molecule has 1 aromatic carbocycles. The van der Waals surface area contributed by atoms with Crippen molar-refractivity contribution >= 4 is 11.6 Å². The van der Waals surface area contributed by atoms with Crippen molar-refractivity contribution in [3.05, 3.63) is 57.1 Å². The van der Waals surface area contributed by atoms with Gasteiger partial charge in [0.2, 0.25) is 5.91 Å². The highest BCUT2D eigenvalue weighted by Crippen LogP contribution is 2.49. The second-order valence-electron chi connectivity index (χ2n) is 7.96. The van der Waals surface area contributed by atoms with Gasteiger partial charge in [0.25, 0.3) is 0 Å². The molecule has 0 bridgehead atoms. The van der Waals surface area contributed by atoms with Gasteiger partial charge in [-0.2, -0.15) is 0 Å². The van der Waals surface area contributed by atoms with E-state index >= 15 is 0 Å². The van der Waals surface area contributed by atoms with Gasteiger partial charge in [-0.05, 0) is 55.7 Å². The van der Waals surface area contributed by atoms with Gasteiger partial charge in [-0.15, -0.1) is 0 Å². The summed E-state index contributed by atoms with van der Waals surface area (Å²) in [5, 5.41) is 14.0. The third kappa shape index (κ3) is 3.71. The van der Waals surface area contributed by atoms with Crippen LogP contribution in [0.25, 0.3) is 0 Å². The normalized spacial score (nSPS) is 17.5. The summed E-state index contributed by atoms with van der Waals surface area (Å²) in [4.78, 5) is 24.6. The van der Waals surface area contributed by atoms with Crippen LogP contribution in [0, 0.1) is 5.92 Å². The maximum absolute atomic E-state index is 12.9. The Labute approximate surface area is 164 Å². The summed E-state index contributed by atoms with van der Waals surface area (Å²) in [5.41, 5.74) is 2.44. The van der Waals surface area contributed by atoms with Crippen molar-refractivity contribution in [2.24, 2.45) is 5.92 Å². The summed E-state index contributed by atoms with van der Waals surface area (Å²) < 4.78 is 5.70. The minimum absolute atomic E-state index is 0.0486. The fraction of sp³-hybridized carbons (Fsp3) is 0.478. The predicted octanol–water partition coefficient (Wildman–Crippen LogP) is 4.50. The number of carbonyl (C=O) groups excluding carboxylic acids is 1. The largest absolute Gasteiger partial charge is 0.507 e. The topological polar surface area (TPSA) is 79.5 Å². The first-order valence-electron chi connectivity index (χ1n) is 10.4. The summed E-state index contributed by atoms with van der Waals surface area (Å²) >= 11 is 0. The van der Waals surface area contributed by atoms with Gasteiger partial charge in [0.1, 0.15) is 11.5 Å². The molecule has 0 aliphatic heterocycles. The minimum atomic E-state index is -0.418. The molecule has 28 heavy (non-hydrogen) atoms. The standard InChI is InChI=1S/C23H27NO4/c1-2-19(25)24-16-8-6-7-15(13-16)20(14-11-12-14)21-22(26)17-9-4-3-5-10-18(17)28-23(21)27/h6-8,13-14,20,26H,2-5,9-12H2,1H3,(H,24,25). The SMILES string of the molecule is CCC(=O)Nc1cccc(C(c2c(O)c3c(oc2=O)CCCCC3)C2CC2)c1. The summed E-state index contributed by atoms with van der Waals surface area (Å²) in [6, 6.07) is 7.62. The summed E-state index contributed by atoms with van der Waals surface area (Å²) in [7, 11) is 0. The number of hydrogen-bond acceptors (Lipinski definition) is 4. The van der Waals surface area contributed by atoms with Crippen molar-refractivity contribution in [3.8, 4) is 5.75 Å². The number of anilines is 1. The lowest BCUT2D eigenvalue weighted by Gasteiger charge is -2.20. The van der Waals surface area contributed by atoms with Crippen molar-refractivity contribution in [3.63, 3.8) is 0 Å². The average Bonchev–Trinajstić information content (AvgIpc) is 3.52. The molecular weight excluding hydrogens is 354 g/mol. The minimum Gasteiger partial charge on any atom is -0.507 e. The Balaban J connectivity index is 1.78. The molecule has 2 aromatic rings. The van der Waals surface area contributed by atoms with Gasteiger partial charge in [0.05, 0.1) is 5.56 Å². The number of benzene rings is 1. The van der Waals surface area contributed by atoms with Gasteiger partial charge in [-0.1, -0.05) is 25.5 Å². The zero-order chi connectivity index (χ0) is 19.7. The van der Waals surface area contributed by atoms with Crippen molar-refractivity contribution in [2.75, 3.05) is 5.32 Å². The molecule has 2 N–H and O–H groups in total. The van der Waals surface area contributed by atoms with E-state index in [1.54, 1.807) is 0 Å². The van der Waals surface area contributed by atoms with Crippen LogP contribution in [0.4, 0.5) is 5.69 Å². The van der Waals surface area contributed by atoms with E-state index in [-0.39, 0.29) is 17.6 Å². The number of aromatic hydroxyl groups is 1. The third-order valence-electron chi connectivity index (χ3n) is 5.90. The Morgan fingerprint density at radius 1 is 1.25 bits per heavy atom. The Kier molecular flexibility index (Phi) is 5.25. The summed E-state index contributed by atoms with van der Waals surface area (Å²) in [6.07, 6.45) is 6.98. The van der Waals surface area contributed by atoms with Crippen LogP contribution in [0.3, 0.4) is 0 Å². The Morgan fingerprint density at radius 3 is 2.79 bits per heavy atom. The molecule has 5 heteroatoms. The second-order valence-corrected chi connectivity index (χ2v) is 7.96. The lowest BCUT2D eigenvalue weighted by atomic mass is 9.86. The Hall–Kier alpha value is -2.56. The van der Waals surface area contributed by atoms with Crippen molar-refractivity contribution in [2.45, 2.75) is 64.2 Å². The van der Waals surface area contributed by atoms with Crippen molar-refractivity contribution in [1.82, 2.24) is 0 Å². The average molecular weight is 381 g/mol. The summed E-state index contributed by atoms with van der Waals surface area (Å²) in [6.45, 7) is 1.81. The van der Waals surface area contributed by atoms with E-state index in [1.165, 1.54) is 0 Å². The van der Waals surface area contributed by atoms with E-state index < -0.39 is 5.63 Å². The van der Waals surface area contributed by atoms with Crippen LogP contribution in [0.5, 0.6) is 5.75 Å². The maximum Gasteiger partial charge on any atom is 0.343 e. The number of carbonyl (C=O) groups is 1. The molecule has 1 fully saturated rings. The smallest absolute Gasteiger partial charge is 0.343 e. The Bertz CT molecular complexity index is 942. The summed E-state index contributed by atoms with van der Waals surface area (Å²) in [5.74, 6) is 0.848. The van der Waals surface area contributed by atoms with Crippen molar-refractivity contribution < 1.29 is 14.3 Å². The quantitative estimate of drug-likeness (QED) is 0.747. The highest BCUT2D eigenvalue weighted by Gasteiger charge is 2.38. The molecule has 0 spiro atoms. The van der Waals surface area contributed by atoms with Gasteiger partial charge in [0, 0.05) is 30.0 Å². The van der Waals surface area contributed by atoms with Crippen LogP contribution in [0.1, 0.15) is 73.8 Å². The van der Waals surface area contributed by atoms with Crippen LogP contribution in [0.2, 0.25) is 0 Å². The molecule has 1 atom stereocenters. The molecule has 148 valence electrons. The maximum atomic E-state index is 12.9. The zero-order valence-corrected chi connectivity index (χ0v) is 16.3. The van der Waals surface area contributed by atoms with Crippen LogP contribution < -0.4 is 10.9 Å². The third-order valence-corrected chi connectivity index (χ3v) is 5.90. The molecule has 1 unspecified atom stereocenters. The lowest BCUT2D eigenvalue weighted by molar-refractivity contribution is -0.115. The monoisotopic (exact) mass is 381 g/mol. The highest BCUT2D eigenvalue weighted by molar-refractivity contribution is 5.90. The highest BCUT2D eigenvalue weighted by atomic mass is 16.4. The second kappa shape index (κ2) is 7.82. The molecule has 1 aromatic heterocycles. The van der Waals surface area contributed by atoms with Gasteiger partial charge in [-0.25, -0.2) is 4.79 Å². The number of amides is 1. The molecule has 1 heterocycles. The zero-order valence-electron chi connectivity index (χ0n) is 16.3. The van der Waals surface area contributed by atoms with Gasteiger partial charge >= 0.3 is 5.63 Å². The predicted molar refractivity (Wildman–Crippen MR) is 108 cm³/mol. The number of aryl methyl sites for hydroxylation is 1. The molecule has 1 amide bonds. The molecule has 4 rings (SSSR count). The molecule has 0 radical (unpaired) electrons. The number of nitrogens with one attached hydrogen (secondary N) is 1. The first-order chi connectivity index (χ1) is 13.6. The van der Waals surface area contributed by atoms with E-state index in [9.17, 15) is 14.7 Å². The lowest BCUT2D eigenvalue weighted by Crippen LogP contribution is -2.18.